The lowest BCUT2D eigenvalue weighted by Gasteiger charge is -2.36. The zero-order valence-electron chi connectivity index (χ0n) is 17.4. The van der Waals surface area contributed by atoms with E-state index < -0.39 is 25.5 Å². The number of furan rings is 1. The molecule has 31 heavy (non-hydrogen) atoms. The molecule has 0 saturated heterocycles. The Morgan fingerprint density at radius 1 is 1.13 bits per heavy atom. The van der Waals surface area contributed by atoms with E-state index in [0.717, 1.165) is 6.42 Å². The van der Waals surface area contributed by atoms with Gasteiger partial charge in [0.2, 0.25) is 20.0 Å². The van der Waals surface area contributed by atoms with Gasteiger partial charge in [-0.15, -0.1) is 0 Å². The van der Waals surface area contributed by atoms with Crippen LogP contribution in [-0.4, -0.2) is 28.4 Å². The van der Waals surface area contributed by atoms with Gasteiger partial charge in [-0.25, -0.2) is 21.6 Å². The first-order valence-corrected chi connectivity index (χ1v) is 13.2. The summed E-state index contributed by atoms with van der Waals surface area (Å²) in [6, 6.07) is 8.89. The Morgan fingerprint density at radius 2 is 1.90 bits per heavy atom. The number of fused-ring (bicyclic) bond motifs is 2. The van der Waals surface area contributed by atoms with E-state index in [4.69, 9.17) is 4.42 Å². The van der Waals surface area contributed by atoms with E-state index in [1.54, 1.807) is 12.1 Å². The second kappa shape index (κ2) is 7.46. The normalized spacial score (nSPS) is 25.1. The summed E-state index contributed by atoms with van der Waals surface area (Å²) in [5.74, 6) is 0.385. The Kier molecular flexibility index (Phi) is 5.30. The molecule has 1 aromatic heterocycles. The van der Waals surface area contributed by atoms with Crippen LogP contribution in [0.25, 0.3) is 0 Å². The van der Waals surface area contributed by atoms with E-state index in [1.807, 2.05) is 13.8 Å². The van der Waals surface area contributed by atoms with Crippen LogP contribution in [0.5, 0.6) is 0 Å². The average Bonchev–Trinajstić information content (AvgIpc) is 3.33. The van der Waals surface area contributed by atoms with Crippen LogP contribution in [0.3, 0.4) is 0 Å². The van der Waals surface area contributed by atoms with Crippen LogP contribution in [-0.2, 0) is 31.4 Å². The summed E-state index contributed by atoms with van der Waals surface area (Å²) < 4.78 is 61.1. The summed E-state index contributed by atoms with van der Waals surface area (Å²) in [6.45, 7) is 3.93. The highest BCUT2D eigenvalue weighted by Crippen LogP contribution is 2.64. The number of nitrogens with one attached hydrogen (secondary N) is 2. The molecule has 2 atom stereocenters. The minimum Gasteiger partial charge on any atom is -0.468 e. The van der Waals surface area contributed by atoms with Crippen molar-refractivity contribution in [1.82, 2.24) is 4.72 Å². The van der Waals surface area contributed by atoms with Gasteiger partial charge in [0.15, 0.2) is 0 Å². The third-order valence-corrected chi connectivity index (χ3v) is 9.83. The highest BCUT2D eigenvalue weighted by atomic mass is 32.2. The first kappa shape index (κ1) is 22.0. The summed E-state index contributed by atoms with van der Waals surface area (Å²) >= 11 is 0. The number of ketones is 1. The molecule has 1 aromatic carbocycles. The first-order valence-electron chi connectivity index (χ1n) is 10.1. The van der Waals surface area contributed by atoms with Crippen LogP contribution in [0.4, 0.5) is 5.69 Å². The van der Waals surface area contributed by atoms with Gasteiger partial charge in [0.05, 0.1) is 28.9 Å². The van der Waals surface area contributed by atoms with Crippen molar-refractivity contribution in [2.75, 3.05) is 10.5 Å². The van der Waals surface area contributed by atoms with E-state index in [9.17, 15) is 21.6 Å². The number of anilines is 1. The minimum atomic E-state index is -3.88. The Morgan fingerprint density at radius 3 is 2.52 bits per heavy atom. The molecule has 168 valence electrons. The van der Waals surface area contributed by atoms with Gasteiger partial charge in [0, 0.05) is 12.1 Å². The Hall–Kier alpha value is -2.17. The summed E-state index contributed by atoms with van der Waals surface area (Å²) in [7, 11) is -7.75. The number of sulfonamides is 2. The summed E-state index contributed by atoms with van der Waals surface area (Å²) in [4.78, 5) is 12.6. The average molecular weight is 467 g/mol. The molecule has 2 fully saturated rings. The predicted octanol–water partition coefficient (Wildman–Crippen LogP) is 2.90. The Bertz CT molecular complexity index is 1200. The van der Waals surface area contributed by atoms with Crippen molar-refractivity contribution in [2.24, 2.45) is 16.7 Å². The highest BCUT2D eigenvalue weighted by molar-refractivity contribution is 7.92. The van der Waals surface area contributed by atoms with Crippen LogP contribution in [0.1, 0.15) is 38.9 Å². The lowest BCUT2D eigenvalue weighted by atomic mass is 9.70. The second-order valence-corrected chi connectivity index (χ2v) is 12.4. The molecule has 0 amide bonds. The standard InChI is InChI=1S/C21H26N2O6S2/c1-20(2)15-8-9-21(20,19(24)11-15)14-30(25,26)23-16-5-3-7-18(12-16)31(27,28)22-13-17-6-4-10-29-17/h3-7,10,12,15,22-23H,8-9,11,13-14H2,1-2H3. The predicted molar refractivity (Wildman–Crippen MR) is 115 cm³/mol. The minimum absolute atomic E-state index is 0.0116. The van der Waals surface area contributed by atoms with Crippen molar-refractivity contribution in [3.8, 4) is 0 Å². The number of carbonyl (C=O) groups excluding carboxylic acids is 1. The molecule has 2 aliphatic rings. The molecule has 0 spiro atoms. The Balaban J connectivity index is 1.51. The molecule has 2 N–H and O–H groups in total. The van der Waals surface area contributed by atoms with Crippen LogP contribution >= 0.6 is 0 Å². The molecule has 8 nitrogen and oxygen atoms in total. The van der Waals surface area contributed by atoms with Crippen LogP contribution in [0.2, 0.25) is 0 Å². The molecule has 2 aliphatic carbocycles. The van der Waals surface area contributed by atoms with Crippen molar-refractivity contribution < 1.29 is 26.0 Å². The zero-order valence-corrected chi connectivity index (χ0v) is 19.1. The van der Waals surface area contributed by atoms with Gasteiger partial charge in [-0.1, -0.05) is 19.9 Å². The van der Waals surface area contributed by atoms with Gasteiger partial charge in [-0.2, -0.15) is 0 Å². The molecular formula is C21H26N2O6S2. The molecule has 10 heteroatoms. The topological polar surface area (TPSA) is 123 Å². The monoisotopic (exact) mass is 466 g/mol. The second-order valence-electron chi connectivity index (χ2n) is 8.96. The number of rotatable bonds is 8. The molecule has 0 radical (unpaired) electrons. The summed E-state index contributed by atoms with van der Waals surface area (Å²) in [5.41, 5.74) is -1.13. The van der Waals surface area contributed by atoms with E-state index in [1.165, 1.54) is 30.5 Å². The molecule has 2 unspecified atom stereocenters. The van der Waals surface area contributed by atoms with Crippen molar-refractivity contribution in [3.05, 3.63) is 48.4 Å². The van der Waals surface area contributed by atoms with Gasteiger partial charge in [0.25, 0.3) is 0 Å². The molecule has 2 aromatic rings. The molecule has 1 heterocycles. The van der Waals surface area contributed by atoms with Crippen molar-refractivity contribution in [1.29, 1.82) is 0 Å². The van der Waals surface area contributed by atoms with Gasteiger partial charge < -0.3 is 4.42 Å². The fourth-order valence-corrected chi connectivity index (χ4v) is 7.96. The number of carbonyl (C=O) groups is 1. The van der Waals surface area contributed by atoms with Crippen molar-refractivity contribution in [3.63, 3.8) is 0 Å². The van der Waals surface area contributed by atoms with E-state index in [2.05, 4.69) is 9.44 Å². The van der Waals surface area contributed by atoms with Crippen LogP contribution < -0.4 is 9.44 Å². The number of hydrogen-bond donors (Lipinski definition) is 2. The smallest absolute Gasteiger partial charge is 0.241 e. The molecule has 0 aliphatic heterocycles. The SMILES string of the molecule is CC1(C)C2CCC1(CS(=O)(=O)Nc1cccc(S(=O)(=O)NCc3ccco3)c1)C(=O)C2. The quantitative estimate of drug-likeness (QED) is 0.617. The first-order chi connectivity index (χ1) is 14.5. The molecule has 4 rings (SSSR count). The van der Waals surface area contributed by atoms with E-state index >= 15 is 0 Å². The number of hydrogen-bond acceptors (Lipinski definition) is 6. The maximum atomic E-state index is 13.0. The Labute approximate surface area is 182 Å². The third-order valence-electron chi connectivity index (χ3n) is 7.01. The van der Waals surface area contributed by atoms with Crippen LogP contribution in [0, 0.1) is 16.7 Å². The fraction of sp³-hybridized carbons (Fsp3) is 0.476. The molecular weight excluding hydrogens is 440 g/mol. The lowest BCUT2D eigenvalue weighted by Crippen LogP contribution is -2.43. The van der Waals surface area contributed by atoms with Gasteiger partial charge in [-0.3, -0.25) is 9.52 Å². The molecule has 2 saturated carbocycles. The van der Waals surface area contributed by atoms with E-state index in [-0.39, 0.29) is 40.0 Å². The zero-order chi connectivity index (χ0) is 22.5. The summed E-state index contributed by atoms with van der Waals surface area (Å²) in [5, 5.41) is 0. The summed E-state index contributed by atoms with van der Waals surface area (Å²) in [6.07, 6.45) is 3.29. The lowest BCUT2D eigenvalue weighted by molar-refractivity contribution is -0.128. The van der Waals surface area contributed by atoms with Crippen molar-refractivity contribution >= 4 is 31.5 Å². The number of Topliss-reactive ketones (excluding diaryl/α,β-unsaturated/α-hetero) is 1. The number of benzene rings is 1. The maximum Gasteiger partial charge on any atom is 0.241 e. The van der Waals surface area contributed by atoms with Gasteiger partial charge in [0.1, 0.15) is 11.5 Å². The van der Waals surface area contributed by atoms with Crippen molar-refractivity contribution in [2.45, 2.75) is 44.6 Å². The highest BCUT2D eigenvalue weighted by Gasteiger charge is 2.65. The van der Waals surface area contributed by atoms with Gasteiger partial charge in [-0.05, 0) is 54.5 Å². The van der Waals surface area contributed by atoms with E-state index in [0.29, 0.717) is 18.6 Å². The third kappa shape index (κ3) is 3.92. The van der Waals surface area contributed by atoms with Gasteiger partial charge >= 0.3 is 0 Å². The van der Waals surface area contributed by atoms with Crippen LogP contribution in [0.15, 0.2) is 52.0 Å². The largest absolute Gasteiger partial charge is 0.468 e. The molecule has 2 bridgehead atoms. The maximum absolute atomic E-state index is 13.0. The fourth-order valence-electron chi connectivity index (χ4n) is 5.04.